The van der Waals surface area contributed by atoms with Crippen LogP contribution in [-0.4, -0.2) is 48.4 Å². The summed E-state index contributed by atoms with van der Waals surface area (Å²) >= 11 is 0. The molecule has 2 aromatic heterocycles. The van der Waals surface area contributed by atoms with E-state index in [9.17, 15) is 9.90 Å². The number of ether oxygens (including phenoxy) is 1. The van der Waals surface area contributed by atoms with Crippen molar-refractivity contribution in [1.82, 2.24) is 30.2 Å². The smallest absolute Gasteiger partial charge is 0.357 e. The van der Waals surface area contributed by atoms with Gasteiger partial charge < -0.3 is 9.84 Å². The van der Waals surface area contributed by atoms with Gasteiger partial charge in [-0.2, -0.15) is 5.21 Å². The van der Waals surface area contributed by atoms with E-state index in [1.807, 2.05) is 48.5 Å². The number of carbonyl (C=O) groups is 1. The molecular weight excluding hydrogens is 420 g/mol. The second-order valence-corrected chi connectivity index (χ2v) is 7.70. The Morgan fingerprint density at radius 2 is 1.88 bits per heavy atom. The fourth-order valence-electron chi connectivity index (χ4n) is 3.85. The van der Waals surface area contributed by atoms with Crippen LogP contribution in [0.25, 0.3) is 28.2 Å². The van der Waals surface area contributed by atoms with Crippen LogP contribution in [0.15, 0.2) is 48.5 Å². The standard InChI is InChI=1S/C24H26N6O3/c1-4-5-10-20-25-21(15(2)31)22(24(32)33-3)30(20)17-13-11-16(12-14-17)18-8-6-7-9-19(18)23-26-28-29-27-23/h6-9,11-15,31H,4-5,10H2,1-3H3,(H,26,27,28,29). The van der Waals surface area contributed by atoms with Crippen LogP contribution in [0.5, 0.6) is 0 Å². The number of unbranched alkanes of at least 4 members (excludes halogenated alkanes) is 1. The number of aromatic nitrogens is 6. The second-order valence-electron chi connectivity index (χ2n) is 7.70. The first-order chi connectivity index (χ1) is 16.0. The average molecular weight is 447 g/mol. The minimum Gasteiger partial charge on any atom is -0.464 e. The Bertz CT molecular complexity index is 1230. The minimum atomic E-state index is -0.901. The van der Waals surface area contributed by atoms with Crippen molar-refractivity contribution in [2.75, 3.05) is 7.11 Å². The maximum atomic E-state index is 12.7. The van der Waals surface area contributed by atoms with Gasteiger partial charge in [-0.15, -0.1) is 10.2 Å². The van der Waals surface area contributed by atoms with Gasteiger partial charge in [0.1, 0.15) is 11.5 Å². The monoisotopic (exact) mass is 446 g/mol. The lowest BCUT2D eigenvalue weighted by atomic mass is 9.99. The van der Waals surface area contributed by atoms with E-state index in [-0.39, 0.29) is 5.69 Å². The number of rotatable bonds is 8. The summed E-state index contributed by atoms with van der Waals surface area (Å²) in [5, 5.41) is 24.6. The average Bonchev–Trinajstić information content (AvgIpc) is 3.51. The van der Waals surface area contributed by atoms with E-state index in [4.69, 9.17) is 4.74 Å². The number of aliphatic hydroxyl groups is 1. The van der Waals surface area contributed by atoms with Crippen LogP contribution >= 0.6 is 0 Å². The highest BCUT2D eigenvalue weighted by atomic mass is 16.5. The molecule has 0 radical (unpaired) electrons. The molecule has 0 aliphatic heterocycles. The van der Waals surface area contributed by atoms with E-state index in [1.165, 1.54) is 7.11 Å². The first kappa shape index (κ1) is 22.3. The van der Waals surface area contributed by atoms with Gasteiger partial charge in [-0.25, -0.2) is 9.78 Å². The van der Waals surface area contributed by atoms with Gasteiger partial charge in [-0.3, -0.25) is 4.57 Å². The third-order valence-electron chi connectivity index (χ3n) is 5.45. The van der Waals surface area contributed by atoms with Crippen molar-refractivity contribution >= 4 is 5.97 Å². The third kappa shape index (κ3) is 4.40. The highest BCUT2D eigenvalue weighted by Gasteiger charge is 2.27. The molecule has 1 atom stereocenters. The molecule has 0 saturated heterocycles. The normalized spacial score (nSPS) is 12.0. The number of hydrogen-bond donors (Lipinski definition) is 2. The molecule has 0 amide bonds. The number of nitrogens with one attached hydrogen (secondary N) is 1. The van der Waals surface area contributed by atoms with Crippen LogP contribution in [-0.2, 0) is 11.2 Å². The number of esters is 1. The summed E-state index contributed by atoms with van der Waals surface area (Å²) in [4.78, 5) is 17.3. The number of carbonyl (C=O) groups excluding carboxylic acids is 1. The number of nitrogens with zero attached hydrogens (tertiary/aromatic N) is 5. The van der Waals surface area contributed by atoms with Gasteiger partial charge in [0.05, 0.1) is 13.2 Å². The highest BCUT2D eigenvalue weighted by Crippen LogP contribution is 2.31. The second kappa shape index (κ2) is 9.74. The number of tetrazole rings is 1. The predicted molar refractivity (Wildman–Crippen MR) is 123 cm³/mol. The molecule has 0 aliphatic rings. The summed E-state index contributed by atoms with van der Waals surface area (Å²) in [5.41, 5.74) is 4.11. The van der Waals surface area contributed by atoms with Crippen molar-refractivity contribution in [3.63, 3.8) is 0 Å². The molecule has 4 rings (SSSR count). The van der Waals surface area contributed by atoms with Gasteiger partial charge in [0.25, 0.3) is 0 Å². The molecule has 0 aliphatic carbocycles. The van der Waals surface area contributed by atoms with Crippen molar-refractivity contribution in [1.29, 1.82) is 0 Å². The Balaban J connectivity index is 1.81. The predicted octanol–water partition coefficient (Wildman–Crippen LogP) is 3.90. The minimum absolute atomic E-state index is 0.249. The molecule has 0 saturated carbocycles. The van der Waals surface area contributed by atoms with E-state index < -0.39 is 12.1 Å². The fraction of sp³-hybridized carbons (Fsp3) is 0.292. The molecular formula is C24H26N6O3. The van der Waals surface area contributed by atoms with Gasteiger partial charge in [0.15, 0.2) is 5.69 Å². The fourth-order valence-corrected chi connectivity index (χ4v) is 3.85. The maximum Gasteiger partial charge on any atom is 0.357 e. The lowest BCUT2D eigenvalue weighted by molar-refractivity contribution is 0.0584. The molecule has 0 bridgehead atoms. The quantitative estimate of drug-likeness (QED) is 0.394. The van der Waals surface area contributed by atoms with Crippen LogP contribution in [0.2, 0.25) is 0 Å². The molecule has 0 spiro atoms. The van der Waals surface area contributed by atoms with Gasteiger partial charge in [-0.05, 0) is 41.8 Å². The number of aromatic amines is 1. The van der Waals surface area contributed by atoms with Gasteiger partial charge in [0, 0.05) is 17.7 Å². The largest absolute Gasteiger partial charge is 0.464 e. The van der Waals surface area contributed by atoms with E-state index in [0.717, 1.165) is 35.2 Å². The number of H-pyrrole nitrogens is 1. The lowest BCUT2D eigenvalue weighted by Crippen LogP contribution is -2.14. The SMILES string of the molecule is CCCCc1nc(C(C)O)c(C(=O)OC)n1-c1ccc(-c2ccccc2-c2nn[nH]n2)cc1. The van der Waals surface area contributed by atoms with E-state index in [1.54, 1.807) is 11.5 Å². The molecule has 33 heavy (non-hydrogen) atoms. The Hall–Kier alpha value is -3.85. The third-order valence-corrected chi connectivity index (χ3v) is 5.45. The topological polar surface area (TPSA) is 119 Å². The molecule has 170 valence electrons. The van der Waals surface area contributed by atoms with E-state index in [2.05, 4.69) is 32.5 Å². The summed E-state index contributed by atoms with van der Waals surface area (Å²) in [5.74, 6) is 0.696. The molecule has 4 aromatic rings. The molecule has 9 nitrogen and oxygen atoms in total. The number of imidazole rings is 1. The van der Waals surface area contributed by atoms with Crippen molar-refractivity contribution in [3.8, 4) is 28.2 Å². The van der Waals surface area contributed by atoms with Crippen molar-refractivity contribution < 1.29 is 14.6 Å². The molecule has 2 N–H and O–H groups in total. The van der Waals surface area contributed by atoms with E-state index in [0.29, 0.717) is 23.8 Å². The summed E-state index contributed by atoms with van der Waals surface area (Å²) < 4.78 is 6.81. The lowest BCUT2D eigenvalue weighted by Gasteiger charge is -2.13. The van der Waals surface area contributed by atoms with E-state index >= 15 is 0 Å². The van der Waals surface area contributed by atoms with Crippen molar-refractivity contribution in [2.45, 2.75) is 39.2 Å². The summed E-state index contributed by atoms with van der Waals surface area (Å²) in [6.45, 7) is 3.70. The maximum absolute atomic E-state index is 12.7. The van der Waals surface area contributed by atoms with Crippen molar-refractivity contribution in [2.24, 2.45) is 0 Å². The van der Waals surface area contributed by atoms with Gasteiger partial charge in [0.2, 0.25) is 5.82 Å². The Kier molecular flexibility index (Phi) is 6.60. The number of aryl methyl sites for hydroxylation is 1. The number of benzene rings is 2. The van der Waals surface area contributed by atoms with Crippen LogP contribution in [0.1, 0.15) is 54.8 Å². The van der Waals surface area contributed by atoms with Crippen LogP contribution in [0.3, 0.4) is 0 Å². The highest BCUT2D eigenvalue weighted by molar-refractivity contribution is 5.90. The zero-order valence-corrected chi connectivity index (χ0v) is 18.8. The van der Waals surface area contributed by atoms with Crippen LogP contribution in [0.4, 0.5) is 0 Å². The number of methoxy groups -OCH3 is 1. The van der Waals surface area contributed by atoms with Crippen molar-refractivity contribution in [3.05, 3.63) is 65.7 Å². The molecule has 9 heteroatoms. The first-order valence-corrected chi connectivity index (χ1v) is 10.9. The number of aliphatic hydroxyl groups excluding tert-OH is 1. The number of hydrogen-bond acceptors (Lipinski definition) is 7. The zero-order chi connectivity index (χ0) is 23.4. The van der Waals surface area contributed by atoms with Crippen LogP contribution < -0.4 is 0 Å². The van der Waals surface area contributed by atoms with Crippen LogP contribution in [0, 0.1) is 0 Å². The molecule has 1 unspecified atom stereocenters. The van der Waals surface area contributed by atoms with Gasteiger partial charge in [-0.1, -0.05) is 49.7 Å². The first-order valence-electron chi connectivity index (χ1n) is 10.9. The Morgan fingerprint density at radius 1 is 1.15 bits per heavy atom. The van der Waals surface area contributed by atoms with Gasteiger partial charge >= 0.3 is 5.97 Å². The summed E-state index contributed by atoms with van der Waals surface area (Å²) in [7, 11) is 1.33. The molecule has 2 aromatic carbocycles. The summed E-state index contributed by atoms with van der Waals surface area (Å²) in [6.07, 6.45) is 1.67. The Labute approximate surface area is 191 Å². The molecule has 0 fully saturated rings. The molecule has 2 heterocycles. The Morgan fingerprint density at radius 3 is 2.48 bits per heavy atom. The zero-order valence-electron chi connectivity index (χ0n) is 18.8. The summed E-state index contributed by atoms with van der Waals surface area (Å²) in [6, 6.07) is 15.6.